The Kier molecular flexibility index (Phi) is 4.18. The second kappa shape index (κ2) is 6.28. The lowest BCUT2D eigenvalue weighted by Gasteiger charge is -2.16. The lowest BCUT2D eigenvalue weighted by atomic mass is 10.1. The number of nitrogens with zero attached hydrogens (tertiary/aromatic N) is 3. The molecule has 0 aliphatic carbocycles. The molecule has 0 aromatic carbocycles. The van der Waals surface area contributed by atoms with E-state index in [0.29, 0.717) is 17.9 Å². The van der Waals surface area contributed by atoms with Gasteiger partial charge < -0.3 is 4.74 Å². The molecule has 0 fully saturated rings. The number of alkyl halides is 2. The molecule has 2 aromatic heterocycles. The number of amides is 1. The highest BCUT2D eigenvalue weighted by Gasteiger charge is 2.28. The van der Waals surface area contributed by atoms with Crippen molar-refractivity contribution in [2.75, 3.05) is 18.1 Å². The number of carbonyl (C=O) groups is 1. The summed E-state index contributed by atoms with van der Waals surface area (Å²) in [6.45, 7) is 1.77. The van der Waals surface area contributed by atoms with Crippen molar-refractivity contribution in [2.24, 2.45) is 0 Å². The van der Waals surface area contributed by atoms with Crippen LogP contribution in [0.4, 0.5) is 14.6 Å². The van der Waals surface area contributed by atoms with Crippen LogP contribution in [0.3, 0.4) is 0 Å². The number of pyridine rings is 2. The van der Waals surface area contributed by atoms with Crippen LogP contribution in [0, 0.1) is 6.92 Å². The van der Waals surface area contributed by atoms with Crippen molar-refractivity contribution in [3.05, 3.63) is 47.3 Å². The van der Waals surface area contributed by atoms with Gasteiger partial charge in [-0.05, 0) is 36.6 Å². The fourth-order valence-electron chi connectivity index (χ4n) is 2.57. The van der Waals surface area contributed by atoms with Crippen LogP contribution in [-0.4, -0.2) is 35.5 Å². The maximum atomic E-state index is 12.7. The molecule has 0 N–H and O–H groups in total. The normalized spacial score (nSPS) is 13.3. The Hall–Kier alpha value is -2.57. The summed E-state index contributed by atoms with van der Waals surface area (Å²) in [6.07, 6.45) is 1.20. The Morgan fingerprint density at radius 3 is 2.91 bits per heavy atom. The Bertz CT molecular complexity index is 737. The van der Waals surface area contributed by atoms with Gasteiger partial charge >= 0.3 is 0 Å². The van der Waals surface area contributed by atoms with Crippen molar-refractivity contribution in [1.29, 1.82) is 0 Å². The molecule has 1 aliphatic heterocycles. The number of aryl methyl sites for hydroxylation is 1. The summed E-state index contributed by atoms with van der Waals surface area (Å²) < 4.78 is 29.2. The maximum Gasteiger partial charge on any atom is 0.272 e. The summed E-state index contributed by atoms with van der Waals surface area (Å²) in [7, 11) is 0. The highest BCUT2D eigenvalue weighted by Crippen LogP contribution is 2.29. The number of hydrogen-bond acceptors (Lipinski definition) is 4. The molecule has 0 bridgehead atoms. The average Bonchev–Trinajstić information content (AvgIpc) is 2.98. The van der Waals surface area contributed by atoms with Crippen molar-refractivity contribution in [3.63, 3.8) is 0 Å². The molecule has 3 rings (SSSR count). The van der Waals surface area contributed by atoms with Gasteiger partial charge in [0.2, 0.25) is 5.88 Å². The van der Waals surface area contributed by atoms with Crippen LogP contribution in [0.5, 0.6) is 5.88 Å². The van der Waals surface area contributed by atoms with Crippen LogP contribution < -0.4 is 9.64 Å². The minimum absolute atomic E-state index is 0.00720. The van der Waals surface area contributed by atoms with E-state index in [2.05, 4.69) is 9.97 Å². The molecule has 0 saturated carbocycles. The van der Waals surface area contributed by atoms with E-state index >= 15 is 0 Å². The van der Waals surface area contributed by atoms with Crippen molar-refractivity contribution in [1.82, 2.24) is 9.97 Å². The third kappa shape index (κ3) is 3.13. The number of ether oxygens (including phenoxy) is 1. The number of anilines is 1. The molecular weight excluding hydrogens is 304 g/mol. The Morgan fingerprint density at radius 1 is 1.35 bits per heavy atom. The second-order valence-electron chi connectivity index (χ2n) is 5.22. The average molecular weight is 319 g/mol. The van der Waals surface area contributed by atoms with Gasteiger partial charge in [0, 0.05) is 30.6 Å². The smallest absolute Gasteiger partial charge is 0.272 e. The summed E-state index contributed by atoms with van der Waals surface area (Å²) in [5, 5.41) is 0. The lowest BCUT2D eigenvalue weighted by molar-refractivity contribution is 0.0795. The zero-order chi connectivity index (χ0) is 16.4. The molecule has 0 saturated heterocycles. The summed E-state index contributed by atoms with van der Waals surface area (Å²) >= 11 is 0. The van der Waals surface area contributed by atoms with E-state index in [4.69, 9.17) is 4.74 Å². The minimum Gasteiger partial charge on any atom is -0.472 e. The van der Waals surface area contributed by atoms with Gasteiger partial charge in [0.05, 0.1) is 0 Å². The second-order valence-corrected chi connectivity index (χ2v) is 5.22. The van der Waals surface area contributed by atoms with E-state index < -0.39 is 13.0 Å². The molecule has 0 spiro atoms. The highest BCUT2D eigenvalue weighted by molar-refractivity contribution is 6.06. The first-order valence-corrected chi connectivity index (χ1v) is 7.19. The fraction of sp³-hybridized carbons (Fsp3) is 0.312. The van der Waals surface area contributed by atoms with Gasteiger partial charge in [0.15, 0.2) is 6.61 Å². The van der Waals surface area contributed by atoms with Crippen LogP contribution in [-0.2, 0) is 6.42 Å². The number of fused-ring (bicyclic) bond motifs is 1. The van der Waals surface area contributed by atoms with Crippen LogP contribution in [0.15, 0.2) is 30.6 Å². The standard InChI is InChI=1S/C16H15F2N3O2/c1-10-2-5-20-15-12(10)4-7-21(15)16(22)11-3-6-19-14(8-11)23-9-13(17)18/h2-3,5-6,8,13H,4,7,9H2,1H3. The van der Waals surface area contributed by atoms with Crippen molar-refractivity contribution >= 4 is 11.7 Å². The van der Waals surface area contributed by atoms with Crippen LogP contribution >= 0.6 is 0 Å². The molecule has 7 heteroatoms. The molecule has 0 atom stereocenters. The molecule has 23 heavy (non-hydrogen) atoms. The van der Waals surface area contributed by atoms with E-state index in [1.807, 2.05) is 13.0 Å². The van der Waals surface area contributed by atoms with Crippen LogP contribution in [0.1, 0.15) is 21.5 Å². The van der Waals surface area contributed by atoms with Gasteiger partial charge in [-0.1, -0.05) is 0 Å². The number of rotatable bonds is 4. The molecule has 2 aromatic rings. The quantitative estimate of drug-likeness (QED) is 0.869. The summed E-state index contributed by atoms with van der Waals surface area (Å²) in [6, 6.07) is 4.82. The predicted molar refractivity (Wildman–Crippen MR) is 80.1 cm³/mol. The first-order valence-electron chi connectivity index (χ1n) is 7.19. The van der Waals surface area contributed by atoms with E-state index in [0.717, 1.165) is 17.5 Å². The van der Waals surface area contributed by atoms with Gasteiger partial charge in [0.1, 0.15) is 5.82 Å². The zero-order valence-electron chi connectivity index (χ0n) is 12.5. The van der Waals surface area contributed by atoms with Gasteiger partial charge in [0.25, 0.3) is 12.3 Å². The largest absolute Gasteiger partial charge is 0.472 e. The Morgan fingerprint density at radius 2 is 2.13 bits per heavy atom. The maximum absolute atomic E-state index is 12.7. The molecule has 5 nitrogen and oxygen atoms in total. The van der Waals surface area contributed by atoms with E-state index in [9.17, 15) is 13.6 Å². The van der Waals surface area contributed by atoms with E-state index in [1.54, 1.807) is 11.1 Å². The third-order valence-corrected chi connectivity index (χ3v) is 3.69. The predicted octanol–water partition coefficient (Wildman–Crippen LogP) is 2.63. The van der Waals surface area contributed by atoms with Gasteiger partial charge in [-0.25, -0.2) is 18.7 Å². The van der Waals surface area contributed by atoms with Crippen molar-refractivity contribution in [2.45, 2.75) is 19.8 Å². The first kappa shape index (κ1) is 15.3. The van der Waals surface area contributed by atoms with E-state index in [1.165, 1.54) is 18.3 Å². The summed E-state index contributed by atoms with van der Waals surface area (Å²) in [5.41, 5.74) is 2.49. The molecule has 0 unspecified atom stereocenters. The molecule has 120 valence electrons. The minimum atomic E-state index is -2.59. The topological polar surface area (TPSA) is 55.3 Å². The van der Waals surface area contributed by atoms with Crippen LogP contribution in [0.25, 0.3) is 0 Å². The summed E-state index contributed by atoms with van der Waals surface area (Å²) in [5.74, 6) is 0.417. The zero-order valence-corrected chi connectivity index (χ0v) is 12.5. The number of carbonyl (C=O) groups excluding carboxylic acids is 1. The Labute approximate surface area is 131 Å². The molecule has 1 aliphatic rings. The van der Waals surface area contributed by atoms with Gasteiger partial charge in [-0.3, -0.25) is 9.69 Å². The molecule has 0 radical (unpaired) electrons. The number of aromatic nitrogens is 2. The molecule has 1 amide bonds. The molecular formula is C16H15F2N3O2. The first-order chi connectivity index (χ1) is 11.1. The Balaban J connectivity index is 1.82. The third-order valence-electron chi connectivity index (χ3n) is 3.69. The van der Waals surface area contributed by atoms with Crippen LogP contribution in [0.2, 0.25) is 0 Å². The van der Waals surface area contributed by atoms with Crippen molar-refractivity contribution < 1.29 is 18.3 Å². The summed E-state index contributed by atoms with van der Waals surface area (Å²) in [4.78, 5) is 22.4. The van der Waals surface area contributed by atoms with E-state index in [-0.39, 0.29) is 11.8 Å². The fourth-order valence-corrected chi connectivity index (χ4v) is 2.57. The van der Waals surface area contributed by atoms with Gasteiger partial charge in [-0.15, -0.1) is 0 Å². The monoisotopic (exact) mass is 319 g/mol. The lowest BCUT2D eigenvalue weighted by Crippen LogP contribution is -2.29. The molecule has 3 heterocycles. The number of halogens is 2. The SMILES string of the molecule is Cc1ccnc2c1CCN2C(=O)c1ccnc(OCC(F)F)c1. The van der Waals surface area contributed by atoms with Gasteiger partial charge in [-0.2, -0.15) is 0 Å². The number of hydrogen-bond donors (Lipinski definition) is 0. The highest BCUT2D eigenvalue weighted by atomic mass is 19.3. The van der Waals surface area contributed by atoms with Crippen molar-refractivity contribution in [3.8, 4) is 5.88 Å².